The van der Waals surface area contributed by atoms with Gasteiger partial charge >= 0.3 is 5.97 Å². The molecule has 0 aliphatic carbocycles. The number of rotatable bonds is 6. The summed E-state index contributed by atoms with van der Waals surface area (Å²) in [6.45, 7) is 1.99. The van der Waals surface area contributed by atoms with Gasteiger partial charge in [-0.15, -0.1) is 27.8 Å². The van der Waals surface area contributed by atoms with E-state index >= 15 is 0 Å². The third kappa shape index (κ3) is 3.68. The van der Waals surface area contributed by atoms with E-state index in [-0.39, 0.29) is 6.61 Å². The van der Waals surface area contributed by atoms with Gasteiger partial charge in [-0.05, 0) is 18.4 Å². The van der Waals surface area contributed by atoms with Crippen molar-refractivity contribution in [2.24, 2.45) is 0 Å². The van der Waals surface area contributed by atoms with Crippen LogP contribution in [0.4, 0.5) is 5.00 Å². The van der Waals surface area contributed by atoms with Crippen LogP contribution in [0.15, 0.2) is 22.7 Å². The van der Waals surface area contributed by atoms with Gasteiger partial charge in [0.1, 0.15) is 15.9 Å². The van der Waals surface area contributed by atoms with Crippen molar-refractivity contribution in [2.75, 3.05) is 12.3 Å². The molecule has 3 rings (SSSR count). The highest BCUT2D eigenvalue weighted by Crippen LogP contribution is 2.35. The molecule has 0 amide bonds. The number of hydrogen-bond donors (Lipinski definition) is 2. The number of nitrogens with one attached hydrogen (secondary N) is 1. The fraction of sp³-hybridized carbons (Fsp3) is 0.200. The first-order chi connectivity index (χ1) is 12.1. The third-order valence-corrected chi connectivity index (χ3v) is 5.96. The Hall–Kier alpha value is -2.35. The Bertz CT molecular complexity index is 924. The molecule has 0 radical (unpaired) electrons. The maximum absolute atomic E-state index is 12.1. The van der Waals surface area contributed by atoms with Gasteiger partial charge in [0.25, 0.3) is 0 Å². The minimum Gasteiger partial charge on any atom is -0.462 e. The number of aromatic amines is 1. The fourth-order valence-electron chi connectivity index (χ4n) is 2.08. The van der Waals surface area contributed by atoms with Gasteiger partial charge in [-0.3, -0.25) is 5.10 Å². The molecular weight excluding hydrogens is 378 g/mol. The van der Waals surface area contributed by atoms with Gasteiger partial charge in [-0.1, -0.05) is 17.8 Å². The third-order valence-electron chi connectivity index (χ3n) is 3.17. The SMILES string of the molecule is CCOC(=O)c1sc(N)c(C#N)c1CSc1n[nH]c(-c2cccs2)n1. The Kier molecular flexibility index (Phi) is 5.37. The quantitative estimate of drug-likeness (QED) is 0.487. The Morgan fingerprint density at radius 3 is 3.08 bits per heavy atom. The Labute approximate surface area is 155 Å². The number of H-pyrrole nitrogens is 1. The lowest BCUT2D eigenvalue weighted by atomic mass is 10.2. The molecule has 0 saturated carbocycles. The number of thioether (sulfide) groups is 1. The van der Waals surface area contributed by atoms with E-state index in [9.17, 15) is 10.1 Å². The number of thiophene rings is 2. The molecule has 0 saturated heterocycles. The zero-order chi connectivity index (χ0) is 17.8. The molecular formula is C15H13N5O2S3. The molecule has 0 aliphatic rings. The summed E-state index contributed by atoms with van der Waals surface area (Å²) in [6.07, 6.45) is 0. The van der Waals surface area contributed by atoms with Crippen LogP contribution in [0.1, 0.15) is 27.7 Å². The van der Waals surface area contributed by atoms with Crippen molar-refractivity contribution in [1.82, 2.24) is 15.2 Å². The summed E-state index contributed by atoms with van der Waals surface area (Å²) >= 11 is 3.96. The number of aromatic nitrogens is 3. The number of nitrogens with two attached hydrogens (primary N) is 1. The number of esters is 1. The number of nitriles is 1. The van der Waals surface area contributed by atoms with Crippen LogP contribution in [0.3, 0.4) is 0 Å². The second kappa shape index (κ2) is 7.69. The minimum atomic E-state index is -0.467. The molecule has 0 unspecified atom stereocenters. The monoisotopic (exact) mass is 391 g/mol. The highest BCUT2D eigenvalue weighted by Gasteiger charge is 2.23. The molecule has 0 aliphatic heterocycles. The first kappa shape index (κ1) is 17.5. The normalized spacial score (nSPS) is 10.6. The van der Waals surface area contributed by atoms with Crippen molar-refractivity contribution in [3.8, 4) is 16.8 Å². The van der Waals surface area contributed by atoms with Crippen LogP contribution in [0.25, 0.3) is 10.7 Å². The van der Waals surface area contributed by atoms with Gasteiger partial charge in [0.05, 0.1) is 17.0 Å². The fourth-order valence-corrected chi connectivity index (χ4v) is 4.59. The van der Waals surface area contributed by atoms with Gasteiger partial charge in [0.15, 0.2) is 5.82 Å². The number of hydrogen-bond acceptors (Lipinski definition) is 9. The number of nitrogen functional groups attached to an aromatic ring is 1. The summed E-state index contributed by atoms with van der Waals surface area (Å²) in [6, 6.07) is 5.95. The average molecular weight is 392 g/mol. The molecule has 0 atom stereocenters. The number of carbonyl (C=O) groups is 1. The standard InChI is InChI=1S/C15H13N5O2S3/c1-2-22-14(21)11-9(8(6-16)12(17)25-11)7-24-15-18-13(19-20-15)10-4-3-5-23-10/h3-5H,2,7,17H2,1H3,(H,18,19,20). The first-order valence-electron chi connectivity index (χ1n) is 7.21. The van der Waals surface area contributed by atoms with Crippen molar-refractivity contribution < 1.29 is 9.53 Å². The van der Waals surface area contributed by atoms with Gasteiger partial charge < -0.3 is 10.5 Å². The van der Waals surface area contributed by atoms with Crippen molar-refractivity contribution in [2.45, 2.75) is 17.8 Å². The molecule has 3 N–H and O–H groups in total. The van der Waals surface area contributed by atoms with E-state index in [4.69, 9.17) is 10.5 Å². The molecule has 3 aromatic rings. The van der Waals surface area contributed by atoms with E-state index in [0.29, 0.717) is 37.7 Å². The Balaban J connectivity index is 1.81. The molecule has 3 heterocycles. The molecule has 128 valence electrons. The smallest absolute Gasteiger partial charge is 0.348 e. The number of anilines is 1. The van der Waals surface area contributed by atoms with E-state index in [1.165, 1.54) is 11.8 Å². The molecule has 10 heteroatoms. The highest BCUT2D eigenvalue weighted by atomic mass is 32.2. The van der Waals surface area contributed by atoms with Gasteiger partial charge in [-0.2, -0.15) is 5.26 Å². The first-order valence-corrected chi connectivity index (χ1v) is 9.89. The predicted octanol–water partition coefficient (Wildman–Crippen LogP) is 3.52. The molecule has 0 bridgehead atoms. The van der Waals surface area contributed by atoms with E-state index in [0.717, 1.165) is 16.2 Å². The van der Waals surface area contributed by atoms with Crippen LogP contribution >= 0.6 is 34.4 Å². The summed E-state index contributed by atoms with van der Waals surface area (Å²) in [5.74, 6) is 0.575. The molecule has 25 heavy (non-hydrogen) atoms. The lowest BCUT2D eigenvalue weighted by Gasteiger charge is -2.02. The van der Waals surface area contributed by atoms with Crippen molar-refractivity contribution in [1.29, 1.82) is 5.26 Å². The van der Waals surface area contributed by atoms with E-state index in [1.807, 2.05) is 17.5 Å². The van der Waals surface area contributed by atoms with E-state index < -0.39 is 5.97 Å². The second-order valence-corrected chi connectivity index (χ2v) is 7.66. The largest absolute Gasteiger partial charge is 0.462 e. The van der Waals surface area contributed by atoms with Crippen LogP contribution in [-0.2, 0) is 10.5 Å². The number of carbonyl (C=O) groups excluding carboxylic acids is 1. The van der Waals surface area contributed by atoms with Crippen molar-refractivity contribution >= 4 is 45.4 Å². The topological polar surface area (TPSA) is 118 Å². The van der Waals surface area contributed by atoms with Crippen molar-refractivity contribution in [3.05, 3.63) is 33.5 Å². The van der Waals surface area contributed by atoms with Crippen LogP contribution in [-0.4, -0.2) is 27.8 Å². The van der Waals surface area contributed by atoms with E-state index in [1.54, 1.807) is 18.3 Å². The van der Waals surface area contributed by atoms with Gasteiger partial charge in [0.2, 0.25) is 5.16 Å². The van der Waals surface area contributed by atoms with Crippen LogP contribution < -0.4 is 5.73 Å². The Morgan fingerprint density at radius 1 is 1.56 bits per heavy atom. The molecule has 0 aromatic carbocycles. The van der Waals surface area contributed by atoms with Crippen LogP contribution in [0.5, 0.6) is 0 Å². The maximum atomic E-state index is 12.1. The van der Waals surface area contributed by atoms with Crippen LogP contribution in [0.2, 0.25) is 0 Å². The molecule has 3 aromatic heterocycles. The van der Waals surface area contributed by atoms with Crippen LogP contribution in [0, 0.1) is 11.3 Å². The number of ether oxygens (including phenoxy) is 1. The second-order valence-electron chi connectivity index (χ2n) is 4.71. The summed E-state index contributed by atoms with van der Waals surface area (Å²) < 4.78 is 5.05. The molecule has 0 spiro atoms. The van der Waals surface area contributed by atoms with Crippen molar-refractivity contribution in [3.63, 3.8) is 0 Å². The van der Waals surface area contributed by atoms with Gasteiger partial charge in [-0.25, -0.2) is 9.78 Å². The summed E-state index contributed by atoms with van der Waals surface area (Å²) in [4.78, 5) is 17.9. The average Bonchev–Trinajstić information content (AvgIpc) is 3.32. The summed E-state index contributed by atoms with van der Waals surface area (Å²) in [5, 5.41) is 19.2. The zero-order valence-corrected chi connectivity index (χ0v) is 15.6. The Morgan fingerprint density at radius 2 is 2.40 bits per heavy atom. The molecule has 0 fully saturated rings. The van der Waals surface area contributed by atoms with E-state index in [2.05, 4.69) is 21.3 Å². The predicted molar refractivity (Wildman–Crippen MR) is 98.7 cm³/mol. The van der Waals surface area contributed by atoms with Gasteiger partial charge in [0, 0.05) is 11.3 Å². The summed E-state index contributed by atoms with van der Waals surface area (Å²) in [7, 11) is 0. The lowest BCUT2D eigenvalue weighted by Crippen LogP contribution is -2.05. The lowest BCUT2D eigenvalue weighted by molar-refractivity contribution is 0.0531. The number of nitrogens with zero attached hydrogens (tertiary/aromatic N) is 3. The summed E-state index contributed by atoms with van der Waals surface area (Å²) in [5.41, 5.74) is 6.75. The molecule has 7 nitrogen and oxygen atoms in total. The highest BCUT2D eigenvalue weighted by molar-refractivity contribution is 7.98. The zero-order valence-electron chi connectivity index (χ0n) is 13.1. The maximum Gasteiger partial charge on any atom is 0.348 e. The minimum absolute atomic E-state index is 0.260.